The molecule has 0 atom stereocenters. The van der Waals surface area contributed by atoms with Crippen molar-refractivity contribution in [3.63, 3.8) is 0 Å². The third kappa shape index (κ3) is 2.80. The molecule has 0 aliphatic heterocycles. The highest BCUT2D eigenvalue weighted by Crippen LogP contribution is 2.41. The summed E-state index contributed by atoms with van der Waals surface area (Å²) >= 11 is 0. The van der Waals surface area contributed by atoms with Crippen LogP contribution in [0.4, 0.5) is 24.5 Å². The van der Waals surface area contributed by atoms with Gasteiger partial charge in [0.25, 0.3) is 0 Å². The van der Waals surface area contributed by atoms with Crippen LogP contribution in [-0.2, 0) is 6.18 Å². The smallest absolute Gasteiger partial charge is 0.397 e. The molecule has 19 heavy (non-hydrogen) atoms. The maximum Gasteiger partial charge on any atom is 0.416 e. The van der Waals surface area contributed by atoms with E-state index in [4.69, 9.17) is 5.73 Å². The molecule has 0 saturated heterocycles. The van der Waals surface area contributed by atoms with E-state index < -0.39 is 11.7 Å². The Kier molecular flexibility index (Phi) is 2.87. The average molecular weight is 270 g/mol. The van der Waals surface area contributed by atoms with E-state index in [1.54, 1.807) is 0 Å². The molecule has 0 spiro atoms. The number of nitrogens with zero attached hydrogens (tertiary/aromatic N) is 1. The molecule has 2 fully saturated rings. The van der Waals surface area contributed by atoms with Crippen LogP contribution in [-0.4, -0.2) is 12.6 Å². The van der Waals surface area contributed by atoms with Crippen molar-refractivity contribution in [3.8, 4) is 0 Å². The lowest BCUT2D eigenvalue weighted by molar-refractivity contribution is -0.137. The molecule has 0 aromatic heterocycles. The number of rotatable bonds is 4. The van der Waals surface area contributed by atoms with Gasteiger partial charge in [-0.3, -0.25) is 0 Å². The standard InChI is InChI=1S/C14H17F3N2/c15-14(16,17)10-3-6-13(12(18)7-10)19(11-4-5-11)8-9-1-2-9/h3,6-7,9,11H,1-2,4-5,8,18H2. The summed E-state index contributed by atoms with van der Waals surface area (Å²) in [4.78, 5) is 2.20. The maximum atomic E-state index is 12.6. The minimum Gasteiger partial charge on any atom is -0.397 e. The van der Waals surface area contributed by atoms with Crippen LogP contribution in [0.25, 0.3) is 0 Å². The molecule has 5 heteroatoms. The highest BCUT2D eigenvalue weighted by molar-refractivity contribution is 5.69. The Balaban J connectivity index is 1.85. The van der Waals surface area contributed by atoms with Crippen LogP contribution in [0, 0.1) is 5.92 Å². The molecule has 1 aromatic rings. The van der Waals surface area contributed by atoms with Crippen molar-refractivity contribution in [1.82, 2.24) is 0 Å². The molecule has 0 heterocycles. The van der Waals surface area contributed by atoms with E-state index >= 15 is 0 Å². The number of hydrogen-bond donors (Lipinski definition) is 1. The van der Waals surface area contributed by atoms with E-state index in [0.717, 1.165) is 37.2 Å². The number of benzene rings is 1. The summed E-state index contributed by atoms with van der Waals surface area (Å²) in [5.41, 5.74) is 6.17. The molecule has 1 aromatic carbocycles. The molecular weight excluding hydrogens is 253 g/mol. The SMILES string of the molecule is Nc1cc(C(F)(F)F)ccc1N(CC1CC1)C1CC1. The molecule has 0 radical (unpaired) electrons. The fraction of sp³-hybridized carbons (Fsp3) is 0.571. The third-order valence-corrected chi connectivity index (χ3v) is 3.80. The first kappa shape index (κ1) is 12.6. The van der Waals surface area contributed by atoms with Gasteiger partial charge in [-0.2, -0.15) is 13.2 Å². The van der Waals surface area contributed by atoms with Gasteiger partial charge in [-0.05, 0) is 49.8 Å². The second-order valence-corrected chi connectivity index (χ2v) is 5.60. The first-order valence-electron chi connectivity index (χ1n) is 6.68. The Labute approximate surface area is 110 Å². The van der Waals surface area contributed by atoms with Crippen molar-refractivity contribution < 1.29 is 13.2 Å². The summed E-state index contributed by atoms with van der Waals surface area (Å²) in [6.07, 6.45) is 0.363. The van der Waals surface area contributed by atoms with Crippen molar-refractivity contribution in [2.45, 2.75) is 37.9 Å². The Morgan fingerprint density at radius 2 is 1.84 bits per heavy atom. The zero-order valence-electron chi connectivity index (χ0n) is 10.6. The van der Waals surface area contributed by atoms with Crippen LogP contribution in [0.15, 0.2) is 18.2 Å². The largest absolute Gasteiger partial charge is 0.416 e. The van der Waals surface area contributed by atoms with Gasteiger partial charge in [0.2, 0.25) is 0 Å². The van der Waals surface area contributed by atoms with E-state index in [2.05, 4.69) is 4.90 Å². The van der Waals surface area contributed by atoms with Gasteiger partial charge < -0.3 is 10.6 Å². The fourth-order valence-electron chi connectivity index (χ4n) is 2.40. The number of alkyl halides is 3. The van der Waals surface area contributed by atoms with Gasteiger partial charge in [0.15, 0.2) is 0 Å². The molecule has 2 nitrogen and oxygen atoms in total. The predicted molar refractivity (Wildman–Crippen MR) is 68.9 cm³/mol. The summed E-state index contributed by atoms with van der Waals surface area (Å²) in [6.45, 7) is 0.931. The molecule has 104 valence electrons. The summed E-state index contributed by atoms with van der Waals surface area (Å²) in [5, 5.41) is 0. The van der Waals surface area contributed by atoms with Crippen molar-refractivity contribution in [1.29, 1.82) is 0 Å². The van der Waals surface area contributed by atoms with Crippen LogP contribution in [0.1, 0.15) is 31.2 Å². The van der Waals surface area contributed by atoms with Gasteiger partial charge in [-0.15, -0.1) is 0 Å². The minimum atomic E-state index is -4.33. The number of nitrogens with two attached hydrogens (primary N) is 1. The Morgan fingerprint density at radius 1 is 1.16 bits per heavy atom. The minimum absolute atomic E-state index is 0.238. The highest BCUT2D eigenvalue weighted by atomic mass is 19.4. The molecule has 0 bridgehead atoms. The molecule has 2 N–H and O–H groups in total. The number of halogens is 3. The number of hydrogen-bond acceptors (Lipinski definition) is 2. The second kappa shape index (κ2) is 4.32. The van der Waals surface area contributed by atoms with Crippen molar-refractivity contribution in [2.24, 2.45) is 5.92 Å². The summed E-state index contributed by atoms with van der Waals surface area (Å²) in [5.74, 6) is 0.697. The summed E-state index contributed by atoms with van der Waals surface area (Å²) in [7, 11) is 0. The van der Waals surface area contributed by atoms with Crippen LogP contribution < -0.4 is 10.6 Å². The van der Waals surface area contributed by atoms with Crippen LogP contribution in [0.3, 0.4) is 0 Å². The Hall–Kier alpha value is -1.39. The molecule has 3 rings (SSSR count). The van der Waals surface area contributed by atoms with Crippen molar-refractivity contribution in [3.05, 3.63) is 23.8 Å². The van der Waals surface area contributed by atoms with Gasteiger partial charge in [-0.25, -0.2) is 0 Å². The van der Waals surface area contributed by atoms with Crippen LogP contribution in [0.2, 0.25) is 0 Å². The lowest BCUT2D eigenvalue weighted by Crippen LogP contribution is -2.29. The van der Waals surface area contributed by atoms with E-state index in [-0.39, 0.29) is 5.69 Å². The fourth-order valence-corrected chi connectivity index (χ4v) is 2.40. The van der Waals surface area contributed by atoms with Gasteiger partial charge >= 0.3 is 6.18 Å². The van der Waals surface area contributed by atoms with E-state index in [1.807, 2.05) is 0 Å². The topological polar surface area (TPSA) is 29.3 Å². The molecule has 2 saturated carbocycles. The Bertz CT molecular complexity index is 476. The maximum absolute atomic E-state index is 12.6. The number of nitrogen functional groups attached to an aromatic ring is 1. The zero-order chi connectivity index (χ0) is 13.6. The predicted octanol–water partition coefficient (Wildman–Crippen LogP) is 3.67. The van der Waals surface area contributed by atoms with Crippen molar-refractivity contribution in [2.75, 3.05) is 17.2 Å². The summed E-state index contributed by atoms with van der Waals surface area (Å²) in [6, 6.07) is 4.18. The van der Waals surface area contributed by atoms with Gasteiger partial charge in [0.1, 0.15) is 0 Å². The summed E-state index contributed by atoms with van der Waals surface area (Å²) < 4.78 is 37.9. The molecule has 0 amide bonds. The zero-order valence-corrected chi connectivity index (χ0v) is 10.6. The molecule has 2 aliphatic rings. The lowest BCUT2D eigenvalue weighted by Gasteiger charge is -2.26. The molecule has 2 aliphatic carbocycles. The number of anilines is 2. The molecular formula is C14H17F3N2. The average Bonchev–Trinajstić information content (AvgIpc) is 3.18. The first-order chi connectivity index (χ1) is 8.95. The van der Waals surface area contributed by atoms with E-state index in [0.29, 0.717) is 12.0 Å². The van der Waals surface area contributed by atoms with Gasteiger partial charge in [-0.1, -0.05) is 0 Å². The van der Waals surface area contributed by atoms with Crippen LogP contribution >= 0.6 is 0 Å². The van der Waals surface area contributed by atoms with E-state index in [1.165, 1.54) is 18.9 Å². The molecule has 0 unspecified atom stereocenters. The second-order valence-electron chi connectivity index (χ2n) is 5.60. The monoisotopic (exact) mass is 270 g/mol. The quantitative estimate of drug-likeness (QED) is 0.846. The van der Waals surface area contributed by atoms with Gasteiger partial charge in [0, 0.05) is 12.6 Å². The normalized spacial score (nSPS) is 19.5. The van der Waals surface area contributed by atoms with Gasteiger partial charge in [0.05, 0.1) is 16.9 Å². The van der Waals surface area contributed by atoms with Crippen LogP contribution in [0.5, 0.6) is 0 Å². The first-order valence-corrected chi connectivity index (χ1v) is 6.68. The lowest BCUT2D eigenvalue weighted by atomic mass is 10.1. The highest BCUT2D eigenvalue weighted by Gasteiger charge is 2.36. The third-order valence-electron chi connectivity index (χ3n) is 3.80. The Morgan fingerprint density at radius 3 is 2.32 bits per heavy atom. The van der Waals surface area contributed by atoms with E-state index in [9.17, 15) is 13.2 Å². The van der Waals surface area contributed by atoms with Crippen molar-refractivity contribution >= 4 is 11.4 Å².